The van der Waals surface area contributed by atoms with Crippen LogP contribution in [0.4, 0.5) is 0 Å². The zero-order valence-corrected chi connectivity index (χ0v) is 15.9. The fourth-order valence-electron chi connectivity index (χ4n) is 2.11. The van der Waals surface area contributed by atoms with E-state index in [0.717, 1.165) is 0 Å². The highest BCUT2D eigenvalue weighted by Gasteiger charge is 2.25. The first-order valence-corrected chi connectivity index (χ1v) is 9.41. The third-order valence-corrected chi connectivity index (χ3v) is 4.33. The Bertz CT molecular complexity index is 866. The highest BCUT2D eigenvalue weighted by Crippen LogP contribution is 2.44. The topological polar surface area (TPSA) is 89.9 Å². The molecule has 27 heavy (non-hydrogen) atoms. The lowest BCUT2D eigenvalue weighted by Crippen LogP contribution is -2.02. The second-order valence-electron chi connectivity index (χ2n) is 5.92. The van der Waals surface area contributed by atoms with Gasteiger partial charge < -0.3 is 9.05 Å². The number of carbonyl (C=O) groups is 2. The molecule has 0 fully saturated rings. The predicted molar refractivity (Wildman–Crippen MR) is 102 cm³/mol. The van der Waals surface area contributed by atoms with Crippen molar-refractivity contribution in [1.82, 2.24) is 0 Å². The maximum Gasteiger partial charge on any atom is 0.584 e. The Labute approximate surface area is 157 Å². The molecule has 2 aromatic rings. The van der Waals surface area contributed by atoms with Gasteiger partial charge in [-0.15, -0.1) is 0 Å². The van der Waals surface area contributed by atoms with E-state index in [-0.39, 0.29) is 23.1 Å². The quantitative estimate of drug-likeness (QED) is 0.400. The summed E-state index contributed by atoms with van der Waals surface area (Å²) >= 11 is 0. The first-order valence-electron chi connectivity index (χ1n) is 7.91. The van der Waals surface area contributed by atoms with Gasteiger partial charge in [-0.1, -0.05) is 13.2 Å². The molecule has 2 aromatic carbocycles. The highest BCUT2D eigenvalue weighted by atomic mass is 31.2. The molecule has 0 amide bonds. The molecular weight excluding hydrogens is 367 g/mol. The van der Waals surface area contributed by atoms with Crippen LogP contribution in [0.5, 0.6) is 11.5 Å². The van der Waals surface area contributed by atoms with Crippen molar-refractivity contribution in [1.29, 1.82) is 0 Å². The Morgan fingerprint density at radius 1 is 0.778 bits per heavy atom. The highest BCUT2D eigenvalue weighted by molar-refractivity contribution is 7.48. The Balaban J connectivity index is 2.07. The minimum absolute atomic E-state index is 0.0631. The zero-order chi connectivity index (χ0) is 20.2. The zero-order valence-electron chi connectivity index (χ0n) is 15.0. The molecule has 0 unspecified atom stereocenters. The number of ketones is 2. The molecule has 0 aliphatic heterocycles. The summed E-state index contributed by atoms with van der Waals surface area (Å²) in [7, 11) is -4.46. The van der Waals surface area contributed by atoms with E-state index < -0.39 is 7.82 Å². The number of carbonyl (C=O) groups excluding carboxylic acids is 2. The van der Waals surface area contributed by atoms with Crippen LogP contribution in [0.15, 0.2) is 72.8 Å². The van der Waals surface area contributed by atoms with Gasteiger partial charge in [0.1, 0.15) is 11.5 Å². The van der Waals surface area contributed by atoms with Gasteiger partial charge in [-0.2, -0.15) is 0 Å². The summed E-state index contributed by atoms with van der Waals surface area (Å²) in [5, 5.41) is 0. The maximum atomic E-state index is 12.2. The number of rotatable bonds is 8. The minimum atomic E-state index is -4.46. The monoisotopic (exact) mass is 386 g/mol. The van der Waals surface area contributed by atoms with Gasteiger partial charge in [-0.25, -0.2) is 4.57 Å². The number of hydrogen-bond acceptors (Lipinski definition) is 5. The third kappa shape index (κ3) is 5.51. The molecule has 1 N–H and O–H groups in total. The van der Waals surface area contributed by atoms with Crippen LogP contribution in [0.1, 0.15) is 34.6 Å². The Morgan fingerprint density at radius 3 is 1.33 bits per heavy atom. The van der Waals surface area contributed by atoms with Crippen LogP contribution < -0.4 is 9.05 Å². The van der Waals surface area contributed by atoms with Gasteiger partial charge in [0.05, 0.1) is 0 Å². The van der Waals surface area contributed by atoms with E-state index in [2.05, 4.69) is 13.2 Å². The third-order valence-electron chi connectivity index (χ3n) is 3.45. The lowest BCUT2D eigenvalue weighted by atomic mass is 10.1. The Morgan fingerprint density at radius 2 is 1.07 bits per heavy atom. The van der Waals surface area contributed by atoms with Crippen molar-refractivity contribution in [3.8, 4) is 11.5 Å². The molecule has 0 saturated heterocycles. The summed E-state index contributed by atoms with van der Waals surface area (Å²) in [6.45, 7) is 10.3. The average molecular weight is 386 g/mol. The molecule has 0 aliphatic carbocycles. The standard InChI is InChI=1S/C20H19O6P/c1-13(2)19(21)15-5-9-17(10-6-15)25-27(23,24)26-18-11-7-16(8-12-18)20(22)14(3)4/h5-12H,1,3H2,2,4H3,(H,23,24). The number of phosphoric acid groups is 1. The molecule has 140 valence electrons. The second-order valence-corrected chi connectivity index (χ2v) is 7.22. The van der Waals surface area contributed by atoms with E-state index in [4.69, 9.17) is 9.05 Å². The van der Waals surface area contributed by atoms with Crippen molar-refractivity contribution in [2.24, 2.45) is 0 Å². The van der Waals surface area contributed by atoms with Gasteiger partial charge in [-0.3, -0.25) is 14.5 Å². The second kappa shape index (κ2) is 8.16. The van der Waals surface area contributed by atoms with Crippen LogP contribution >= 0.6 is 7.82 Å². The van der Waals surface area contributed by atoms with Crippen LogP contribution in [-0.4, -0.2) is 16.5 Å². The van der Waals surface area contributed by atoms with E-state index in [1.807, 2.05) is 0 Å². The van der Waals surface area contributed by atoms with Crippen molar-refractivity contribution in [2.75, 3.05) is 0 Å². The summed E-state index contributed by atoms with van der Waals surface area (Å²) < 4.78 is 22.1. The minimum Gasteiger partial charge on any atom is -0.395 e. The molecule has 0 heterocycles. The number of allylic oxidation sites excluding steroid dienone is 2. The molecule has 7 heteroatoms. The van der Waals surface area contributed by atoms with Gasteiger partial charge in [-0.05, 0) is 73.5 Å². The molecule has 0 saturated carbocycles. The SMILES string of the molecule is C=C(C)C(=O)c1ccc(OP(=O)(O)Oc2ccc(C(=O)C(=C)C)cc2)cc1. The summed E-state index contributed by atoms with van der Waals surface area (Å²) in [6.07, 6.45) is 0. The van der Waals surface area contributed by atoms with E-state index in [1.165, 1.54) is 48.5 Å². The van der Waals surface area contributed by atoms with Gasteiger partial charge in [0.15, 0.2) is 11.6 Å². The van der Waals surface area contributed by atoms with E-state index >= 15 is 0 Å². The molecule has 0 aromatic heterocycles. The summed E-state index contributed by atoms with van der Waals surface area (Å²) in [6, 6.07) is 11.4. The summed E-state index contributed by atoms with van der Waals surface area (Å²) in [5.74, 6) is -0.329. The first kappa shape index (κ1) is 20.4. The van der Waals surface area contributed by atoms with Gasteiger partial charge in [0.25, 0.3) is 0 Å². The molecule has 0 bridgehead atoms. The van der Waals surface area contributed by atoms with Crippen molar-refractivity contribution in [2.45, 2.75) is 13.8 Å². The maximum absolute atomic E-state index is 12.2. The lowest BCUT2D eigenvalue weighted by Gasteiger charge is -2.14. The molecule has 0 aliphatic rings. The molecule has 2 rings (SSSR count). The van der Waals surface area contributed by atoms with Crippen LogP contribution in [-0.2, 0) is 4.57 Å². The summed E-state index contributed by atoms with van der Waals surface area (Å²) in [5.41, 5.74) is 1.55. The number of phosphoric ester groups is 1. The van der Waals surface area contributed by atoms with E-state index in [0.29, 0.717) is 22.3 Å². The summed E-state index contributed by atoms with van der Waals surface area (Å²) in [4.78, 5) is 33.5. The first-order chi connectivity index (χ1) is 12.6. The molecule has 0 spiro atoms. The largest absolute Gasteiger partial charge is 0.584 e. The van der Waals surface area contributed by atoms with Gasteiger partial charge in [0, 0.05) is 11.1 Å². The lowest BCUT2D eigenvalue weighted by molar-refractivity contribution is 0.102. The molecule has 0 atom stereocenters. The number of hydrogen-bond donors (Lipinski definition) is 1. The normalized spacial score (nSPS) is 10.8. The van der Waals surface area contributed by atoms with Crippen molar-refractivity contribution in [3.63, 3.8) is 0 Å². The fraction of sp³-hybridized carbons (Fsp3) is 0.100. The van der Waals surface area contributed by atoms with Crippen molar-refractivity contribution in [3.05, 3.63) is 84.0 Å². The molecule has 0 radical (unpaired) electrons. The van der Waals surface area contributed by atoms with Gasteiger partial charge >= 0.3 is 7.82 Å². The molecule has 6 nitrogen and oxygen atoms in total. The number of Topliss-reactive ketones (excluding diaryl/α,β-unsaturated/α-hetero) is 2. The average Bonchev–Trinajstić information content (AvgIpc) is 2.61. The predicted octanol–water partition coefficient (Wildman–Crippen LogP) is 4.76. The Kier molecular flexibility index (Phi) is 6.16. The number of benzene rings is 2. The smallest absolute Gasteiger partial charge is 0.395 e. The van der Waals surface area contributed by atoms with Crippen LogP contribution in [0.25, 0.3) is 0 Å². The Hall–Kier alpha value is -2.95. The van der Waals surface area contributed by atoms with E-state index in [1.54, 1.807) is 13.8 Å². The van der Waals surface area contributed by atoms with E-state index in [9.17, 15) is 19.0 Å². The fourth-order valence-corrected chi connectivity index (χ4v) is 2.93. The van der Waals surface area contributed by atoms with Crippen molar-refractivity contribution >= 4 is 19.4 Å². The van der Waals surface area contributed by atoms with Crippen LogP contribution in [0.3, 0.4) is 0 Å². The van der Waals surface area contributed by atoms with Crippen LogP contribution in [0, 0.1) is 0 Å². The van der Waals surface area contributed by atoms with Crippen LogP contribution in [0.2, 0.25) is 0 Å². The molecular formula is C20H19O6P. The van der Waals surface area contributed by atoms with Gasteiger partial charge in [0.2, 0.25) is 0 Å². The van der Waals surface area contributed by atoms with Crippen molar-refractivity contribution < 1.29 is 28.1 Å².